The molecule has 0 unspecified atom stereocenters. The zero-order valence-electron chi connectivity index (χ0n) is 17.4. The Hall–Kier alpha value is -2.51. The molecule has 156 valence electrons. The Morgan fingerprint density at radius 3 is 2.77 bits per heavy atom. The van der Waals surface area contributed by atoms with Gasteiger partial charge in [0.1, 0.15) is 23.9 Å². The van der Waals surface area contributed by atoms with Gasteiger partial charge < -0.3 is 19.8 Å². The second kappa shape index (κ2) is 6.25. The SMILES string of the molecule is CC1(C)O[C@H]2[C@H](n3ccc4c(N)ncnc43)CC3(CC(Cc4ccccn4)C3)[C@H]2O1. The molecule has 3 aliphatic rings. The Bertz CT molecular complexity index is 1090. The van der Waals surface area contributed by atoms with Gasteiger partial charge in [0.05, 0.1) is 17.5 Å². The normalized spacial score (nSPS) is 34.3. The van der Waals surface area contributed by atoms with Crippen molar-refractivity contribution in [1.82, 2.24) is 19.5 Å². The highest BCUT2D eigenvalue weighted by Crippen LogP contribution is 2.64. The number of anilines is 1. The van der Waals surface area contributed by atoms with E-state index < -0.39 is 5.79 Å². The summed E-state index contributed by atoms with van der Waals surface area (Å²) >= 11 is 0. The van der Waals surface area contributed by atoms with Gasteiger partial charge in [-0.05, 0) is 63.6 Å². The van der Waals surface area contributed by atoms with E-state index in [0.29, 0.717) is 11.7 Å². The highest BCUT2D eigenvalue weighted by Gasteiger charge is 2.65. The molecule has 0 radical (unpaired) electrons. The Balaban J connectivity index is 1.30. The molecule has 2 aliphatic carbocycles. The van der Waals surface area contributed by atoms with Crippen molar-refractivity contribution in [2.45, 2.75) is 63.6 Å². The monoisotopic (exact) mass is 405 g/mol. The molecule has 2 N–H and O–H groups in total. The third-order valence-corrected chi connectivity index (χ3v) is 7.24. The predicted molar refractivity (Wildman–Crippen MR) is 113 cm³/mol. The lowest BCUT2D eigenvalue weighted by molar-refractivity contribution is -0.181. The third-order valence-electron chi connectivity index (χ3n) is 7.24. The molecule has 30 heavy (non-hydrogen) atoms. The lowest BCUT2D eigenvalue weighted by atomic mass is 9.58. The Kier molecular flexibility index (Phi) is 3.81. The zero-order chi connectivity index (χ0) is 20.5. The number of nitrogen functional groups attached to an aromatic ring is 1. The molecule has 6 rings (SSSR count). The maximum atomic E-state index is 6.48. The quantitative estimate of drug-likeness (QED) is 0.717. The lowest BCUT2D eigenvalue weighted by Crippen LogP contribution is -2.46. The molecule has 0 amide bonds. The summed E-state index contributed by atoms with van der Waals surface area (Å²) in [4.78, 5) is 13.2. The number of nitrogens with two attached hydrogens (primary N) is 1. The zero-order valence-corrected chi connectivity index (χ0v) is 17.4. The van der Waals surface area contributed by atoms with Crippen LogP contribution in [-0.2, 0) is 15.9 Å². The molecule has 1 saturated heterocycles. The van der Waals surface area contributed by atoms with Gasteiger partial charge in [0, 0.05) is 23.5 Å². The Morgan fingerprint density at radius 2 is 1.97 bits per heavy atom. The summed E-state index contributed by atoms with van der Waals surface area (Å²) in [5.41, 5.74) is 8.28. The average Bonchev–Trinajstić information content (AvgIpc) is 3.33. The van der Waals surface area contributed by atoms with Gasteiger partial charge in [-0.3, -0.25) is 4.98 Å². The van der Waals surface area contributed by atoms with E-state index in [-0.39, 0.29) is 23.7 Å². The summed E-state index contributed by atoms with van der Waals surface area (Å²) < 4.78 is 15.2. The van der Waals surface area contributed by atoms with E-state index in [1.165, 1.54) is 5.69 Å². The fraction of sp³-hybridized carbons (Fsp3) is 0.522. The second-order valence-electron chi connectivity index (χ2n) is 9.67. The van der Waals surface area contributed by atoms with Gasteiger partial charge >= 0.3 is 0 Å². The van der Waals surface area contributed by atoms with Crippen LogP contribution in [0.2, 0.25) is 0 Å². The van der Waals surface area contributed by atoms with Crippen molar-refractivity contribution >= 4 is 16.9 Å². The number of hydrogen-bond donors (Lipinski definition) is 1. The molecule has 4 heterocycles. The number of aromatic nitrogens is 4. The molecular weight excluding hydrogens is 378 g/mol. The van der Waals surface area contributed by atoms with Crippen molar-refractivity contribution in [2.24, 2.45) is 11.3 Å². The van der Waals surface area contributed by atoms with Gasteiger partial charge in [-0.25, -0.2) is 9.97 Å². The molecule has 1 aliphatic heterocycles. The number of fused-ring (bicyclic) bond motifs is 3. The topological polar surface area (TPSA) is 88.1 Å². The molecule has 0 aromatic carbocycles. The molecule has 7 nitrogen and oxygen atoms in total. The minimum atomic E-state index is -0.565. The molecule has 3 aromatic rings. The van der Waals surface area contributed by atoms with Crippen molar-refractivity contribution < 1.29 is 9.47 Å². The van der Waals surface area contributed by atoms with Gasteiger partial charge in [-0.2, -0.15) is 0 Å². The number of hydrogen-bond acceptors (Lipinski definition) is 6. The maximum absolute atomic E-state index is 6.48. The van der Waals surface area contributed by atoms with Crippen LogP contribution in [0.15, 0.2) is 43.0 Å². The van der Waals surface area contributed by atoms with Gasteiger partial charge in [0.2, 0.25) is 0 Å². The van der Waals surface area contributed by atoms with Crippen LogP contribution in [0.5, 0.6) is 0 Å². The van der Waals surface area contributed by atoms with Crippen LogP contribution in [0.3, 0.4) is 0 Å². The second-order valence-corrected chi connectivity index (χ2v) is 9.67. The van der Waals surface area contributed by atoms with Gasteiger partial charge in [0.15, 0.2) is 5.79 Å². The van der Waals surface area contributed by atoms with E-state index in [2.05, 4.69) is 37.8 Å². The summed E-state index contributed by atoms with van der Waals surface area (Å²) in [6, 6.07) is 8.36. The van der Waals surface area contributed by atoms with Crippen LogP contribution in [0, 0.1) is 11.3 Å². The highest BCUT2D eigenvalue weighted by atomic mass is 16.8. The first-order chi connectivity index (χ1) is 14.4. The number of nitrogens with zero attached hydrogens (tertiary/aromatic N) is 4. The van der Waals surface area contributed by atoms with Crippen molar-refractivity contribution in [3.05, 3.63) is 48.7 Å². The molecular formula is C23H27N5O2. The molecule has 2 saturated carbocycles. The van der Waals surface area contributed by atoms with Crippen LogP contribution in [0.25, 0.3) is 11.0 Å². The van der Waals surface area contributed by atoms with Gasteiger partial charge in [-0.15, -0.1) is 0 Å². The smallest absolute Gasteiger partial charge is 0.163 e. The number of pyridine rings is 1. The summed E-state index contributed by atoms with van der Waals surface area (Å²) in [5, 5.41) is 0.898. The van der Waals surface area contributed by atoms with Crippen LogP contribution >= 0.6 is 0 Å². The van der Waals surface area contributed by atoms with Crippen molar-refractivity contribution in [1.29, 1.82) is 0 Å². The van der Waals surface area contributed by atoms with E-state index in [4.69, 9.17) is 15.2 Å². The number of rotatable bonds is 3. The summed E-state index contributed by atoms with van der Waals surface area (Å²) in [6.45, 7) is 4.04. The lowest BCUT2D eigenvalue weighted by Gasteiger charge is -2.48. The predicted octanol–water partition coefficient (Wildman–Crippen LogP) is 3.51. The fourth-order valence-electron chi connectivity index (χ4n) is 6.16. The molecule has 0 bridgehead atoms. The standard InChI is InChI=1S/C23H27N5O2/c1-22(2)29-18-17(28-8-6-16-20(24)26-13-27-21(16)28)12-23(19(18)30-22)10-14(11-23)9-15-5-3-4-7-25-15/h3-8,13-14,17-19H,9-12H2,1-2H3,(H2,24,26,27)/t14?,17-,18+,19+,23?/m1/s1. The third kappa shape index (κ3) is 2.68. The average molecular weight is 406 g/mol. The van der Waals surface area contributed by atoms with E-state index in [1.807, 2.05) is 32.2 Å². The molecule has 3 atom stereocenters. The summed E-state index contributed by atoms with van der Waals surface area (Å²) in [6.07, 6.45) is 9.99. The first-order valence-electron chi connectivity index (χ1n) is 10.8. The molecule has 3 aromatic heterocycles. The van der Waals surface area contributed by atoms with E-state index >= 15 is 0 Å². The van der Waals surface area contributed by atoms with Crippen LogP contribution in [-0.4, -0.2) is 37.5 Å². The summed E-state index contributed by atoms with van der Waals surface area (Å²) in [5.74, 6) is 0.598. The van der Waals surface area contributed by atoms with Gasteiger partial charge in [0.25, 0.3) is 0 Å². The highest BCUT2D eigenvalue weighted by molar-refractivity contribution is 5.86. The van der Waals surface area contributed by atoms with E-state index in [0.717, 1.165) is 36.7 Å². The summed E-state index contributed by atoms with van der Waals surface area (Å²) in [7, 11) is 0. The Morgan fingerprint density at radius 1 is 1.10 bits per heavy atom. The Labute approximate surface area is 175 Å². The fourth-order valence-corrected chi connectivity index (χ4v) is 6.16. The molecule has 7 heteroatoms. The molecule has 1 spiro atoms. The van der Waals surface area contributed by atoms with Crippen molar-refractivity contribution in [3.63, 3.8) is 0 Å². The van der Waals surface area contributed by atoms with Crippen molar-refractivity contribution in [2.75, 3.05) is 5.73 Å². The van der Waals surface area contributed by atoms with E-state index in [1.54, 1.807) is 6.33 Å². The minimum absolute atomic E-state index is 0.0163. The first kappa shape index (κ1) is 18.3. The molecule has 3 fully saturated rings. The maximum Gasteiger partial charge on any atom is 0.163 e. The van der Waals surface area contributed by atoms with Crippen LogP contribution in [0.1, 0.15) is 44.8 Å². The van der Waals surface area contributed by atoms with Crippen molar-refractivity contribution in [3.8, 4) is 0 Å². The van der Waals surface area contributed by atoms with E-state index in [9.17, 15) is 0 Å². The minimum Gasteiger partial charge on any atom is -0.383 e. The van der Waals surface area contributed by atoms with Crippen LogP contribution < -0.4 is 5.73 Å². The van der Waals surface area contributed by atoms with Crippen LogP contribution in [0.4, 0.5) is 5.82 Å². The first-order valence-corrected chi connectivity index (χ1v) is 10.8. The van der Waals surface area contributed by atoms with Gasteiger partial charge in [-0.1, -0.05) is 6.07 Å². The largest absolute Gasteiger partial charge is 0.383 e. The number of ether oxygens (including phenoxy) is 2.